The molecule has 0 bridgehead atoms. The van der Waals surface area contributed by atoms with Crippen molar-refractivity contribution in [3.05, 3.63) is 0 Å². The Kier molecular flexibility index (Phi) is 5.45. The van der Waals surface area contributed by atoms with Gasteiger partial charge in [-0.05, 0) is 6.42 Å². The van der Waals surface area contributed by atoms with Gasteiger partial charge in [0.1, 0.15) is 0 Å². The van der Waals surface area contributed by atoms with Crippen molar-refractivity contribution in [1.29, 1.82) is 0 Å². The Labute approximate surface area is 67.6 Å². The second-order valence-corrected chi connectivity index (χ2v) is 1.61. The Morgan fingerprint density at radius 3 is 2.33 bits per heavy atom. The average Bonchev–Trinajstić information content (AvgIpc) is 2.10. The maximum Gasteiger partial charge on any atom is 0.582 e. The minimum Gasteiger partial charge on any atom is -0.432 e. The van der Waals surface area contributed by atoms with Gasteiger partial charge in [-0.15, -0.1) is 0 Å². The summed E-state index contributed by atoms with van der Waals surface area (Å²) in [6.07, 6.45) is -2.12. The number of ether oxygens (including phenoxy) is 1. The molecule has 0 aromatic carbocycles. The van der Waals surface area contributed by atoms with Gasteiger partial charge in [0, 0.05) is 0 Å². The van der Waals surface area contributed by atoms with Gasteiger partial charge in [-0.2, -0.15) is 24.6 Å². The van der Waals surface area contributed by atoms with E-state index in [0.717, 1.165) is 0 Å². The van der Waals surface area contributed by atoms with Gasteiger partial charge in [0.25, 0.3) is 0 Å². The van der Waals surface area contributed by atoms with Crippen LogP contribution in [0, 0.1) is 0 Å². The predicted octanol–water partition coefficient (Wildman–Crippen LogP) is 1.09. The number of hydrogen-bond acceptors (Lipinski definition) is 7. The van der Waals surface area contributed by atoms with Crippen molar-refractivity contribution in [1.82, 2.24) is 0 Å². The molecule has 0 saturated heterocycles. The molecule has 0 fully saturated rings. The molecule has 7 nitrogen and oxygen atoms in total. The van der Waals surface area contributed by atoms with E-state index >= 15 is 0 Å². The van der Waals surface area contributed by atoms with Gasteiger partial charge in [0.05, 0.1) is 6.61 Å². The SMILES string of the molecule is CCCOC(=O)OOC(=O)OO. The fraction of sp³-hybridized carbons (Fsp3) is 0.600. The lowest BCUT2D eigenvalue weighted by atomic mass is 10.5. The second-order valence-electron chi connectivity index (χ2n) is 1.61. The Morgan fingerprint density at radius 1 is 1.25 bits per heavy atom. The van der Waals surface area contributed by atoms with Crippen LogP contribution in [0.4, 0.5) is 9.59 Å². The molecule has 0 aromatic rings. The molecule has 0 aliphatic rings. The van der Waals surface area contributed by atoms with Gasteiger partial charge in [-0.3, -0.25) is 4.89 Å². The number of carbonyl (C=O) groups excluding carboxylic acids is 2. The van der Waals surface area contributed by atoms with Gasteiger partial charge in [0.15, 0.2) is 0 Å². The van der Waals surface area contributed by atoms with Crippen molar-refractivity contribution in [3.8, 4) is 0 Å². The summed E-state index contributed by atoms with van der Waals surface area (Å²) in [7, 11) is 0. The molecule has 0 aromatic heterocycles. The molecule has 1 N–H and O–H groups in total. The molecule has 0 aliphatic carbocycles. The first-order valence-electron chi connectivity index (χ1n) is 3.07. The van der Waals surface area contributed by atoms with E-state index in [1.54, 1.807) is 6.92 Å². The lowest BCUT2D eigenvalue weighted by Crippen LogP contribution is -2.12. The van der Waals surface area contributed by atoms with Crippen molar-refractivity contribution in [2.24, 2.45) is 0 Å². The van der Waals surface area contributed by atoms with Crippen LogP contribution in [0.2, 0.25) is 0 Å². The lowest BCUT2D eigenvalue weighted by molar-refractivity contribution is -0.275. The first kappa shape index (κ1) is 10.5. The summed E-state index contributed by atoms with van der Waals surface area (Å²) < 4.78 is 4.31. The zero-order valence-electron chi connectivity index (χ0n) is 6.31. The largest absolute Gasteiger partial charge is 0.582 e. The Hall–Kier alpha value is -1.50. The third-order valence-electron chi connectivity index (χ3n) is 0.676. The summed E-state index contributed by atoms with van der Waals surface area (Å²) in [5, 5.41) is 7.62. The van der Waals surface area contributed by atoms with Gasteiger partial charge >= 0.3 is 12.3 Å². The molecule has 0 rings (SSSR count). The van der Waals surface area contributed by atoms with Crippen LogP contribution >= 0.6 is 0 Å². The molecule has 70 valence electrons. The Morgan fingerprint density at radius 2 is 1.83 bits per heavy atom. The maximum absolute atomic E-state index is 10.4. The summed E-state index contributed by atoms with van der Waals surface area (Å²) in [6.45, 7) is 1.92. The zero-order chi connectivity index (χ0) is 9.40. The standard InChI is InChI=1S/C5H8O7/c1-2-3-9-4(6)11-12-5(7)10-8/h8H,2-3H2,1H3. The Balaban J connectivity index is 3.37. The van der Waals surface area contributed by atoms with Gasteiger partial charge in [-0.1, -0.05) is 6.92 Å². The summed E-state index contributed by atoms with van der Waals surface area (Å²) in [4.78, 5) is 30.6. The third kappa shape index (κ3) is 5.30. The summed E-state index contributed by atoms with van der Waals surface area (Å²) >= 11 is 0. The highest BCUT2D eigenvalue weighted by molar-refractivity contribution is 5.62. The monoisotopic (exact) mass is 180 g/mol. The molecule has 0 heterocycles. The van der Waals surface area contributed by atoms with Crippen LogP contribution in [0.5, 0.6) is 0 Å². The predicted molar refractivity (Wildman–Crippen MR) is 32.9 cm³/mol. The summed E-state index contributed by atoms with van der Waals surface area (Å²) in [5.74, 6) is 0. The first-order valence-corrected chi connectivity index (χ1v) is 3.07. The molecule has 0 atom stereocenters. The molecule has 0 unspecified atom stereocenters. The van der Waals surface area contributed by atoms with E-state index in [9.17, 15) is 9.59 Å². The molecule has 0 spiro atoms. The van der Waals surface area contributed by atoms with E-state index in [4.69, 9.17) is 5.26 Å². The van der Waals surface area contributed by atoms with Gasteiger partial charge in [0.2, 0.25) is 0 Å². The molecule has 12 heavy (non-hydrogen) atoms. The molecule has 0 radical (unpaired) electrons. The van der Waals surface area contributed by atoms with Crippen LogP contribution in [-0.4, -0.2) is 24.2 Å². The van der Waals surface area contributed by atoms with E-state index in [1.807, 2.05) is 0 Å². The topological polar surface area (TPSA) is 91.3 Å². The molecule has 0 amide bonds. The molecule has 0 saturated carbocycles. The van der Waals surface area contributed by atoms with Crippen LogP contribution in [0.15, 0.2) is 0 Å². The summed E-state index contributed by atoms with van der Waals surface area (Å²) in [6, 6.07) is 0. The van der Waals surface area contributed by atoms with Gasteiger partial charge < -0.3 is 4.74 Å². The van der Waals surface area contributed by atoms with Crippen LogP contribution in [-0.2, 0) is 19.4 Å². The van der Waals surface area contributed by atoms with Gasteiger partial charge in [-0.25, -0.2) is 0 Å². The maximum atomic E-state index is 10.4. The first-order chi connectivity index (χ1) is 5.70. The van der Waals surface area contributed by atoms with Crippen molar-refractivity contribution in [2.75, 3.05) is 6.61 Å². The van der Waals surface area contributed by atoms with Crippen molar-refractivity contribution >= 4 is 12.3 Å². The molecular formula is C5H8O7. The van der Waals surface area contributed by atoms with Crippen molar-refractivity contribution in [2.45, 2.75) is 13.3 Å². The third-order valence-corrected chi connectivity index (χ3v) is 0.676. The second kappa shape index (κ2) is 6.23. The van der Waals surface area contributed by atoms with Crippen LogP contribution in [0.3, 0.4) is 0 Å². The van der Waals surface area contributed by atoms with Crippen LogP contribution in [0.1, 0.15) is 13.3 Å². The smallest absolute Gasteiger partial charge is 0.432 e. The minimum atomic E-state index is -1.55. The molecular weight excluding hydrogens is 172 g/mol. The normalized spacial score (nSPS) is 8.50. The van der Waals surface area contributed by atoms with Crippen LogP contribution in [0.25, 0.3) is 0 Å². The minimum absolute atomic E-state index is 0.149. The molecule has 7 heteroatoms. The summed E-state index contributed by atoms with van der Waals surface area (Å²) in [5.41, 5.74) is 0. The van der Waals surface area contributed by atoms with Crippen molar-refractivity contribution in [3.63, 3.8) is 0 Å². The van der Waals surface area contributed by atoms with E-state index in [-0.39, 0.29) is 6.61 Å². The van der Waals surface area contributed by atoms with E-state index < -0.39 is 12.3 Å². The fourth-order valence-electron chi connectivity index (χ4n) is 0.293. The fourth-order valence-corrected chi connectivity index (χ4v) is 0.293. The van der Waals surface area contributed by atoms with Crippen LogP contribution < -0.4 is 0 Å². The highest BCUT2D eigenvalue weighted by atomic mass is 17.3. The van der Waals surface area contributed by atoms with E-state index in [2.05, 4.69) is 19.4 Å². The highest BCUT2D eigenvalue weighted by Gasteiger charge is 2.10. The number of rotatable bonds is 2. The average molecular weight is 180 g/mol. The van der Waals surface area contributed by atoms with E-state index in [0.29, 0.717) is 6.42 Å². The van der Waals surface area contributed by atoms with E-state index in [1.165, 1.54) is 0 Å². The number of carbonyl (C=O) groups is 2. The number of hydrogen-bond donors (Lipinski definition) is 1. The van der Waals surface area contributed by atoms with Crippen molar-refractivity contribution < 1.29 is 34.2 Å². The quantitative estimate of drug-likeness (QED) is 0.386. The zero-order valence-corrected chi connectivity index (χ0v) is 6.31. The highest BCUT2D eigenvalue weighted by Crippen LogP contribution is 1.90. The lowest BCUT2D eigenvalue weighted by Gasteiger charge is -2.00. The molecule has 0 aliphatic heterocycles. The Bertz CT molecular complexity index is 154.